The van der Waals surface area contributed by atoms with Gasteiger partial charge in [-0.2, -0.15) is 4.31 Å². The van der Waals surface area contributed by atoms with Gasteiger partial charge in [0.15, 0.2) is 0 Å². The average molecular weight is 549 g/mol. The molecule has 0 aromatic heterocycles. The summed E-state index contributed by atoms with van der Waals surface area (Å²) in [7, 11) is -3.66. The molecule has 2 aliphatic rings. The van der Waals surface area contributed by atoms with E-state index in [9.17, 15) is 18.0 Å². The minimum Gasteiger partial charge on any atom is -0.351 e. The van der Waals surface area contributed by atoms with E-state index in [1.165, 1.54) is 4.31 Å². The average Bonchev–Trinajstić information content (AvgIpc) is 2.86. The van der Waals surface area contributed by atoms with E-state index in [0.717, 1.165) is 30.2 Å². The molecule has 2 fully saturated rings. The SMILES string of the molecule is O=C(N[C@@H]1CCCC[C@H]1NC(=O)C1CCCN(S(=O)(=O)c2ccc(Br)cc2)C1)c1ccccc1. The smallest absolute Gasteiger partial charge is 0.251 e. The molecule has 1 aliphatic heterocycles. The van der Waals surface area contributed by atoms with E-state index in [1.807, 2.05) is 18.2 Å². The first-order valence-corrected chi connectivity index (χ1v) is 14.0. The van der Waals surface area contributed by atoms with Crippen molar-refractivity contribution >= 4 is 37.8 Å². The Kier molecular flexibility index (Phi) is 8.06. The number of amides is 2. The van der Waals surface area contributed by atoms with Crippen LogP contribution in [0.25, 0.3) is 0 Å². The maximum absolute atomic E-state index is 13.2. The minimum absolute atomic E-state index is 0.137. The molecular formula is C25H30BrN3O4S. The van der Waals surface area contributed by atoms with Crippen molar-refractivity contribution in [3.05, 3.63) is 64.6 Å². The number of nitrogens with zero attached hydrogens (tertiary/aromatic N) is 1. The van der Waals surface area contributed by atoms with Crippen LogP contribution >= 0.6 is 15.9 Å². The van der Waals surface area contributed by atoms with Gasteiger partial charge in [-0.1, -0.05) is 47.0 Å². The summed E-state index contributed by atoms with van der Waals surface area (Å²) in [4.78, 5) is 26.1. The third-order valence-corrected chi connectivity index (χ3v) is 9.06. The number of hydrogen-bond acceptors (Lipinski definition) is 4. The Hall–Kier alpha value is -2.23. The Balaban J connectivity index is 1.39. The minimum atomic E-state index is -3.66. The number of hydrogen-bond donors (Lipinski definition) is 2. The second-order valence-electron chi connectivity index (χ2n) is 9.00. The Labute approximate surface area is 209 Å². The van der Waals surface area contributed by atoms with Gasteiger partial charge in [-0.15, -0.1) is 0 Å². The summed E-state index contributed by atoms with van der Waals surface area (Å²) in [5, 5.41) is 6.22. The second-order valence-corrected chi connectivity index (χ2v) is 11.9. The van der Waals surface area contributed by atoms with E-state index in [-0.39, 0.29) is 35.3 Å². The number of piperidine rings is 1. The van der Waals surface area contributed by atoms with Crippen LogP contribution in [-0.4, -0.2) is 49.7 Å². The van der Waals surface area contributed by atoms with E-state index >= 15 is 0 Å². The first kappa shape index (κ1) is 24.9. The van der Waals surface area contributed by atoms with Gasteiger partial charge in [0.05, 0.1) is 10.8 Å². The third kappa shape index (κ3) is 5.87. The molecule has 182 valence electrons. The van der Waals surface area contributed by atoms with Crippen LogP contribution in [0.2, 0.25) is 0 Å². The molecule has 2 aromatic rings. The van der Waals surface area contributed by atoms with Crippen LogP contribution in [-0.2, 0) is 14.8 Å². The van der Waals surface area contributed by atoms with Crippen LogP contribution in [0.5, 0.6) is 0 Å². The largest absolute Gasteiger partial charge is 0.351 e. The fraction of sp³-hybridized carbons (Fsp3) is 0.440. The van der Waals surface area contributed by atoms with E-state index in [2.05, 4.69) is 26.6 Å². The number of sulfonamides is 1. The number of carbonyl (C=O) groups is 2. The molecule has 2 aromatic carbocycles. The fourth-order valence-corrected chi connectivity index (χ4v) is 6.54. The van der Waals surface area contributed by atoms with Gasteiger partial charge in [-0.3, -0.25) is 9.59 Å². The monoisotopic (exact) mass is 547 g/mol. The van der Waals surface area contributed by atoms with Gasteiger partial charge in [0.25, 0.3) is 5.91 Å². The molecule has 1 unspecified atom stereocenters. The molecular weight excluding hydrogens is 518 g/mol. The maximum atomic E-state index is 13.2. The molecule has 7 nitrogen and oxygen atoms in total. The predicted octanol–water partition coefficient (Wildman–Crippen LogP) is 3.71. The Bertz CT molecular complexity index is 1110. The summed E-state index contributed by atoms with van der Waals surface area (Å²) in [5.41, 5.74) is 0.597. The summed E-state index contributed by atoms with van der Waals surface area (Å²) in [5.74, 6) is -0.691. The van der Waals surface area contributed by atoms with E-state index in [0.29, 0.717) is 24.9 Å². The van der Waals surface area contributed by atoms with Gasteiger partial charge >= 0.3 is 0 Å². The second kappa shape index (κ2) is 11.0. The van der Waals surface area contributed by atoms with Crippen LogP contribution < -0.4 is 10.6 Å². The highest BCUT2D eigenvalue weighted by Gasteiger charge is 2.35. The van der Waals surface area contributed by atoms with Crippen molar-refractivity contribution < 1.29 is 18.0 Å². The fourth-order valence-electron chi connectivity index (χ4n) is 4.75. The first-order chi connectivity index (χ1) is 16.3. The van der Waals surface area contributed by atoms with E-state index < -0.39 is 15.9 Å². The molecule has 0 radical (unpaired) electrons. The summed E-state index contributed by atoms with van der Waals surface area (Å²) < 4.78 is 28.4. The van der Waals surface area contributed by atoms with Crippen LogP contribution in [0.1, 0.15) is 48.9 Å². The molecule has 1 heterocycles. The van der Waals surface area contributed by atoms with Gasteiger partial charge in [0.1, 0.15) is 0 Å². The molecule has 9 heteroatoms. The number of halogens is 1. The summed E-state index contributed by atoms with van der Waals surface area (Å²) in [6.07, 6.45) is 4.85. The molecule has 2 N–H and O–H groups in total. The number of rotatable bonds is 6. The Morgan fingerprint density at radius 2 is 1.50 bits per heavy atom. The van der Waals surface area contributed by atoms with Crippen molar-refractivity contribution in [2.45, 2.75) is 55.5 Å². The van der Waals surface area contributed by atoms with Crippen molar-refractivity contribution in [3.63, 3.8) is 0 Å². The highest BCUT2D eigenvalue weighted by Crippen LogP contribution is 2.26. The van der Waals surface area contributed by atoms with Gasteiger partial charge in [-0.05, 0) is 62.1 Å². The van der Waals surface area contributed by atoms with E-state index in [1.54, 1.807) is 36.4 Å². The molecule has 1 aliphatic carbocycles. The lowest BCUT2D eigenvalue weighted by Crippen LogP contribution is -2.55. The normalized spacial score (nSPS) is 23.7. The molecule has 34 heavy (non-hydrogen) atoms. The van der Waals surface area contributed by atoms with Crippen LogP contribution in [0.15, 0.2) is 64.0 Å². The predicted molar refractivity (Wildman–Crippen MR) is 134 cm³/mol. The third-order valence-electron chi connectivity index (χ3n) is 6.65. The highest BCUT2D eigenvalue weighted by molar-refractivity contribution is 9.10. The molecule has 1 saturated carbocycles. The van der Waals surface area contributed by atoms with Crippen molar-refractivity contribution in [2.75, 3.05) is 13.1 Å². The maximum Gasteiger partial charge on any atom is 0.251 e. The zero-order chi connectivity index (χ0) is 24.1. The van der Waals surface area contributed by atoms with Gasteiger partial charge in [0, 0.05) is 35.2 Å². The van der Waals surface area contributed by atoms with Crippen LogP contribution in [0, 0.1) is 5.92 Å². The van der Waals surface area contributed by atoms with Crippen molar-refractivity contribution in [2.24, 2.45) is 5.92 Å². The van der Waals surface area contributed by atoms with Gasteiger partial charge in [-0.25, -0.2) is 8.42 Å². The molecule has 2 amide bonds. The van der Waals surface area contributed by atoms with Crippen LogP contribution in [0.4, 0.5) is 0 Å². The molecule has 0 spiro atoms. The lowest BCUT2D eigenvalue weighted by atomic mass is 9.89. The zero-order valence-corrected chi connectivity index (χ0v) is 21.4. The number of nitrogens with one attached hydrogen (secondary N) is 2. The number of carbonyl (C=O) groups excluding carboxylic acids is 2. The van der Waals surface area contributed by atoms with Crippen molar-refractivity contribution in [1.29, 1.82) is 0 Å². The van der Waals surface area contributed by atoms with Gasteiger partial charge < -0.3 is 10.6 Å². The standard InChI is InChI=1S/C25H30BrN3O4S/c26-20-12-14-21(15-13-20)34(32,33)29-16-6-9-19(17-29)25(31)28-23-11-5-4-10-22(23)27-24(30)18-7-2-1-3-8-18/h1-3,7-8,12-15,19,22-23H,4-6,9-11,16-17H2,(H,27,30)(H,28,31)/t19?,22-,23-/m1/s1. The van der Waals surface area contributed by atoms with Crippen molar-refractivity contribution in [3.8, 4) is 0 Å². The summed E-state index contributed by atoms with van der Waals surface area (Å²) in [6, 6.07) is 15.3. The van der Waals surface area contributed by atoms with E-state index in [4.69, 9.17) is 0 Å². The summed E-state index contributed by atoms with van der Waals surface area (Å²) >= 11 is 3.33. The van der Waals surface area contributed by atoms with Gasteiger partial charge in [0.2, 0.25) is 15.9 Å². The lowest BCUT2D eigenvalue weighted by Gasteiger charge is -2.36. The Morgan fingerprint density at radius 1 is 0.853 bits per heavy atom. The lowest BCUT2D eigenvalue weighted by molar-refractivity contribution is -0.127. The topological polar surface area (TPSA) is 95.6 Å². The first-order valence-electron chi connectivity index (χ1n) is 11.8. The summed E-state index contributed by atoms with van der Waals surface area (Å²) in [6.45, 7) is 0.569. The molecule has 1 saturated heterocycles. The quantitative estimate of drug-likeness (QED) is 0.576. The Morgan fingerprint density at radius 3 is 2.18 bits per heavy atom. The highest BCUT2D eigenvalue weighted by atomic mass is 79.9. The van der Waals surface area contributed by atoms with Crippen LogP contribution in [0.3, 0.4) is 0 Å². The molecule has 4 rings (SSSR count). The zero-order valence-electron chi connectivity index (χ0n) is 19.0. The van der Waals surface area contributed by atoms with Crippen molar-refractivity contribution in [1.82, 2.24) is 14.9 Å². The number of benzene rings is 2. The molecule has 0 bridgehead atoms. The molecule has 3 atom stereocenters.